The summed E-state index contributed by atoms with van der Waals surface area (Å²) >= 11 is 0. The van der Waals surface area contributed by atoms with Crippen molar-refractivity contribution < 1.29 is 15.3 Å². The van der Waals surface area contributed by atoms with E-state index in [0.717, 1.165) is 4.31 Å². The van der Waals surface area contributed by atoms with Crippen LogP contribution in [0, 0.1) is 24.2 Å². The van der Waals surface area contributed by atoms with Gasteiger partial charge in [-0.05, 0) is 29.8 Å². The van der Waals surface area contributed by atoms with Crippen LogP contribution in [0.25, 0.3) is 0 Å². The summed E-state index contributed by atoms with van der Waals surface area (Å²) in [6.07, 6.45) is 5.50. The molecule has 0 bridgehead atoms. The summed E-state index contributed by atoms with van der Waals surface area (Å²) in [6, 6.07) is 12.8. The van der Waals surface area contributed by atoms with Gasteiger partial charge in [0.2, 0.25) is 10.0 Å². The summed E-state index contributed by atoms with van der Waals surface area (Å²) in [5.74, 6) is 7.79. The normalized spacial score (nSPS) is 14.4. The van der Waals surface area contributed by atoms with Crippen LogP contribution >= 0.6 is 0 Å². The first kappa shape index (κ1) is 13.8. The number of nitrogens with zero attached hydrogens (tertiary/aromatic N) is 1. The van der Waals surface area contributed by atoms with Crippen LogP contribution in [0.2, 0.25) is 0 Å². The second-order valence-corrected chi connectivity index (χ2v) is 7.54. The minimum atomic E-state index is -4.07. The van der Waals surface area contributed by atoms with Gasteiger partial charge in [0, 0.05) is 5.56 Å². The molecule has 0 amide bonds. The summed E-state index contributed by atoms with van der Waals surface area (Å²) in [4.78, 5) is 0.0331. The Hall–Kier alpha value is -3.31. The zero-order valence-corrected chi connectivity index (χ0v) is 15.6. The van der Waals surface area contributed by atoms with Gasteiger partial charge in [-0.3, -0.25) is 0 Å². The SMILES string of the molecule is [2H]c1c([2H])c([2H])c(C#CC(c2ccccc2)N(CC#C)S(=O)(=O)c2ccccc2)c([2H])c1[2H]. The molecular formula is C24H19NO2S. The van der Waals surface area contributed by atoms with E-state index >= 15 is 0 Å². The zero-order valence-electron chi connectivity index (χ0n) is 19.8. The molecular weight excluding hydrogens is 366 g/mol. The molecule has 3 rings (SSSR count). The average Bonchev–Trinajstić information content (AvgIpc) is 2.84. The van der Waals surface area contributed by atoms with Crippen LogP contribution in [-0.2, 0) is 10.0 Å². The summed E-state index contributed by atoms with van der Waals surface area (Å²) < 4.78 is 67.5. The molecule has 0 spiro atoms. The van der Waals surface area contributed by atoms with E-state index in [0.29, 0.717) is 5.56 Å². The number of hydrogen-bond acceptors (Lipinski definition) is 2. The monoisotopic (exact) mass is 390 g/mol. The topological polar surface area (TPSA) is 37.4 Å². The molecule has 3 aromatic carbocycles. The van der Waals surface area contributed by atoms with Gasteiger partial charge in [0.25, 0.3) is 0 Å². The van der Waals surface area contributed by atoms with Crippen LogP contribution in [0.1, 0.15) is 24.0 Å². The molecule has 0 aromatic heterocycles. The summed E-state index contributed by atoms with van der Waals surface area (Å²) in [6.45, 7) is -0.286. The Morgan fingerprint density at radius 2 is 1.57 bits per heavy atom. The summed E-state index contributed by atoms with van der Waals surface area (Å²) in [5.41, 5.74) is 0.298. The fourth-order valence-electron chi connectivity index (χ4n) is 2.54. The molecule has 3 nitrogen and oxygen atoms in total. The van der Waals surface area contributed by atoms with Gasteiger partial charge in [-0.2, -0.15) is 4.31 Å². The second-order valence-electron chi connectivity index (χ2n) is 5.65. The van der Waals surface area contributed by atoms with E-state index in [1.807, 2.05) is 0 Å². The van der Waals surface area contributed by atoms with E-state index in [1.54, 1.807) is 48.5 Å². The molecule has 0 fully saturated rings. The number of sulfonamides is 1. The Balaban J connectivity index is 2.23. The Morgan fingerprint density at radius 3 is 2.18 bits per heavy atom. The predicted octanol–water partition coefficient (Wildman–Crippen LogP) is 4.10. The summed E-state index contributed by atoms with van der Waals surface area (Å²) in [5, 5.41) is 0. The standard InChI is InChI=1S/C24H19NO2S/c1-2-20-25(28(26,27)23-16-10-5-11-17-23)24(22-14-8-4-9-15-22)19-18-21-12-6-3-7-13-21/h1,3-17,24H,20H2/i3D,6D,7D,12D,13D. The van der Waals surface area contributed by atoms with Crippen LogP contribution in [-0.4, -0.2) is 19.3 Å². The molecule has 0 aliphatic carbocycles. The molecule has 0 aliphatic rings. The van der Waals surface area contributed by atoms with Crippen LogP contribution in [0.3, 0.4) is 0 Å². The average molecular weight is 391 g/mol. The highest BCUT2D eigenvalue weighted by Gasteiger charge is 2.31. The molecule has 4 heteroatoms. The number of hydrogen-bond donors (Lipinski definition) is 0. The first-order chi connectivity index (χ1) is 15.7. The van der Waals surface area contributed by atoms with Crippen molar-refractivity contribution in [2.24, 2.45) is 0 Å². The third-order valence-electron chi connectivity index (χ3n) is 3.83. The van der Waals surface area contributed by atoms with E-state index in [2.05, 4.69) is 17.8 Å². The molecule has 1 atom stereocenters. The quantitative estimate of drug-likeness (QED) is 0.615. The lowest BCUT2D eigenvalue weighted by Crippen LogP contribution is -2.34. The van der Waals surface area contributed by atoms with Gasteiger partial charge in [-0.15, -0.1) is 6.42 Å². The van der Waals surface area contributed by atoms with Crippen LogP contribution in [0.15, 0.2) is 95.8 Å². The van der Waals surface area contributed by atoms with Gasteiger partial charge >= 0.3 is 0 Å². The third-order valence-corrected chi connectivity index (χ3v) is 5.66. The predicted molar refractivity (Wildman–Crippen MR) is 112 cm³/mol. The molecule has 3 aromatic rings. The molecule has 0 N–H and O–H groups in total. The molecule has 138 valence electrons. The number of benzene rings is 3. The van der Waals surface area contributed by atoms with E-state index in [9.17, 15) is 8.42 Å². The number of terminal acetylenes is 1. The smallest absolute Gasteiger partial charge is 0.207 e. The van der Waals surface area contributed by atoms with E-state index in [4.69, 9.17) is 13.3 Å². The second kappa shape index (κ2) is 9.06. The minimum Gasteiger partial charge on any atom is -0.207 e. The highest BCUT2D eigenvalue weighted by atomic mass is 32.2. The highest BCUT2D eigenvalue weighted by molar-refractivity contribution is 7.89. The maximum absolute atomic E-state index is 13.4. The Kier molecular flexibility index (Phi) is 4.46. The van der Waals surface area contributed by atoms with E-state index in [-0.39, 0.29) is 17.0 Å². The van der Waals surface area contributed by atoms with Gasteiger partial charge < -0.3 is 0 Å². The van der Waals surface area contributed by atoms with Crippen LogP contribution in [0.4, 0.5) is 0 Å². The number of rotatable bonds is 5. The highest BCUT2D eigenvalue weighted by Crippen LogP contribution is 2.27. The largest absolute Gasteiger partial charge is 0.245 e. The van der Waals surface area contributed by atoms with Gasteiger partial charge in [-0.25, -0.2) is 8.42 Å². The van der Waals surface area contributed by atoms with Crippen molar-refractivity contribution in [1.82, 2.24) is 4.31 Å². The lowest BCUT2D eigenvalue weighted by molar-refractivity contribution is 0.410. The van der Waals surface area contributed by atoms with E-state index < -0.39 is 46.3 Å². The molecule has 0 saturated carbocycles. The molecule has 0 radical (unpaired) electrons. The molecule has 0 heterocycles. The lowest BCUT2D eigenvalue weighted by atomic mass is 10.1. The van der Waals surface area contributed by atoms with Gasteiger partial charge in [0.15, 0.2) is 0 Å². The van der Waals surface area contributed by atoms with Gasteiger partial charge in [0.05, 0.1) is 18.3 Å². The first-order valence-corrected chi connectivity index (χ1v) is 9.78. The summed E-state index contributed by atoms with van der Waals surface area (Å²) in [7, 11) is -4.07. The minimum absolute atomic E-state index is 0.0331. The maximum atomic E-state index is 13.4. The van der Waals surface area contributed by atoms with Crippen molar-refractivity contribution in [2.45, 2.75) is 10.9 Å². The first-order valence-electron chi connectivity index (χ1n) is 10.8. The molecule has 0 saturated heterocycles. The lowest BCUT2D eigenvalue weighted by Gasteiger charge is -2.26. The van der Waals surface area contributed by atoms with Crippen molar-refractivity contribution in [3.63, 3.8) is 0 Å². The van der Waals surface area contributed by atoms with Crippen LogP contribution < -0.4 is 0 Å². The van der Waals surface area contributed by atoms with Gasteiger partial charge in [0.1, 0.15) is 6.04 Å². The molecule has 28 heavy (non-hydrogen) atoms. The third kappa shape index (κ3) is 4.50. The fraction of sp³-hybridized carbons (Fsp3) is 0.0833. The van der Waals surface area contributed by atoms with Gasteiger partial charge in [-0.1, -0.05) is 84.4 Å². The molecule has 0 aliphatic heterocycles. The Morgan fingerprint density at radius 1 is 0.964 bits per heavy atom. The maximum Gasteiger partial charge on any atom is 0.245 e. The van der Waals surface area contributed by atoms with Crippen molar-refractivity contribution in [3.05, 3.63) is 102 Å². The van der Waals surface area contributed by atoms with Crippen molar-refractivity contribution >= 4 is 10.0 Å². The zero-order chi connectivity index (χ0) is 24.2. The fourth-order valence-corrected chi connectivity index (χ4v) is 4.01. The molecule has 1 unspecified atom stereocenters. The Labute approximate surface area is 173 Å². The van der Waals surface area contributed by atoms with Crippen molar-refractivity contribution in [3.8, 4) is 24.2 Å². The van der Waals surface area contributed by atoms with Crippen molar-refractivity contribution in [1.29, 1.82) is 0 Å². The van der Waals surface area contributed by atoms with Crippen LogP contribution in [0.5, 0.6) is 0 Å². The van der Waals surface area contributed by atoms with Crippen molar-refractivity contribution in [2.75, 3.05) is 6.54 Å². The van der Waals surface area contributed by atoms with E-state index in [1.165, 1.54) is 12.1 Å². The Bertz CT molecular complexity index is 1350.